The molecule has 1 aliphatic carbocycles. The molecule has 1 N–H and O–H groups in total. The van der Waals surface area contributed by atoms with Crippen LogP contribution in [-0.2, 0) is 0 Å². The maximum Gasteiger partial charge on any atom is 0.0336 e. The average Bonchev–Trinajstić information content (AvgIpc) is 2.23. The van der Waals surface area contributed by atoms with E-state index in [-0.39, 0.29) is 0 Å². The molecular weight excluding hydrogens is 196 g/mol. The molecule has 2 aliphatic rings. The summed E-state index contributed by atoms with van der Waals surface area (Å²) in [4.78, 5) is 2.61. The van der Waals surface area contributed by atoms with E-state index in [4.69, 9.17) is 11.6 Å². The molecule has 0 unspecified atom stereocenters. The van der Waals surface area contributed by atoms with Crippen LogP contribution in [0.4, 0.5) is 0 Å². The van der Waals surface area contributed by atoms with Crippen molar-refractivity contribution in [3.63, 3.8) is 0 Å². The third-order valence-corrected chi connectivity index (χ3v) is 3.94. The fourth-order valence-electron chi connectivity index (χ4n) is 2.56. The van der Waals surface area contributed by atoms with Gasteiger partial charge in [-0.05, 0) is 31.6 Å². The first kappa shape index (κ1) is 10.7. The number of nitrogens with zero attached hydrogens (tertiary/aromatic N) is 1. The molecule has 0 aromatic carbocycles. The van der Waals surface area contributed by atoms with Crippen LogP contribution < -0.4 is 5.32 Å². The van der Waals surface area contributed by atoms with Crippen LogP contribution in [0.2, 0.25) is 0 Å². The summed E-state index contributed by atoms with van der Waals surface area (Å²) in [7, 11) is 0. The van der Waals surface area contributed by atoms with E-state index >= 15 is 0 Å². The van der Waals surface area contributed by atoms with E-state index in [0.717, 1.165) is 5.92 Å². The zero-order valence-electron chi connectivity index (χ0n) is 8.84. The standard InChI is InChI=1S/C11H21ClN2/c12-11-3-1-10(2-4-11)9-14-7-5-13-6-8-14/h10-11,13H,1-9H2. The molecule has 0 radical (unpaired) electrons. The summed E-state index contributed by atoms with van der Waals surface area (Å²) in [5.74, 6) is 0.920. The predicted octanol–water partition coefficient (Wildman–Crippen LogP) is 1.69. The van der Waals surface area contributed by atoms with Crippen LogP contribution in [0.5, 0.6) is 0 Å². The number of halogens is 1. The van der Waals surface area contributed by atoms with Crippen LogP contribution in [-0.4, -0.2) is 43.0 Å². The van der Waals surface area contributed by atoms with E-state index in [9.17, 15) is 0 Å². The van der Waals surface area contributed by atoms with Gasteiger partial charge in [0.05, 0.1) is 0 Å². The minimum atomic E-state index is 0.467. The third-order valence-electron chi connectivity index (χ3n) is 3.50. The number of rotatable bonds is 2. The molecular formula is C11H21ClN2. The molecule has 0 bridgehead atoms. The van der Waals surface area contributed by atoms with Gasteiger partial charge in [0.2, 0.25) is 0 Å². The van der Waals surface area contributed by atoms with E-state index in [2.05, 4.69) is 10.2 Å². The van der Waals surface area contributed by atoms with Crippen molar-refractivity contribution in [2.45, 2.75) is 31.1 Å². The van der Waals surface area contributed by atoms with Crippen molar-refractivity contribution in [3.05, 3.63) is 0 Å². The second kappa shape index (κ2) is 5.34. The molecule has 1 aliphatic heterocycles. The molecule has 0 aromatic heterocycles. The van der Waals surface area contributed by atoms with Gasteiger partial charge in [0.15, 0.2) is 0 Å². The molecule has 2 fully saturated rings. The Morgan fingerprint density at radius 2 is 1.71 bits per heavy atom. The van der Waals surface area contributed by atoms with Crippen LogP contribution in [0.3, 0.4) is 0 Å². The number of alkyl halides is 1. The summed E-state index contributed by atoms with van der Waals surface area (Å²) >= 11 is 6.10. The predicted molar refractivity (Wildman–Crippen MR) is 60.9 cm³/mol. The van der Waals surface area contributed by atoms with Crippen molar-refractivity contribution in [3.8, 4) is 0 Å². The van der Waals surface area contributed by atoms with Crippen molar-refractivity contribution in [2.75, 3.05) is 32.7 Å². The fourth-order valence-corrected chi connectivity index (χ4v) is 2.82. The van der Waals surface area contributed by atoms with Crippen LogP contribution in [0, 0.1) is 5.92 Å². The quantitative estimate of drug-likeness (QED) is 0.707. The van der Waals surface area contributed by atoms with Gasteiger partial charge in [-0.15, -0.1) is 11.6 Å². The molecule has 2 nitrogen and oxygen atoms in total. The van der Waals surface area contributed by atoms with Gasteiger partial charge in [-0.25, -0.2) is 0 Å². The maximum atomic E-state index is 6.10. The molecule has 0 atom stereocenters. The Kier molecular flexibility index (Phi) is 4.09. The third kappa shape index (κ3) is 3.11. The Morgan fingerprint density at radius 1 is 1.07 bits per heavy atom. The fraction of sp³-hybridized carbons (Fsp3) is 1.00. The van der Waals surface area contributed by atoms with Crippen LogP contribution in [0.25, 0.3) is 0 Å². The van der Waals surface area contributed by atoms with E-state index < -0.39 is 0 Å². The number of nitrogens with one attached hydrogen (secondary N) is 1. The van der Waals surface area contributed by atoms with Gasteiger partial charge in [0, 0.05) is 38.1 Å². The Labute approximate surface area is 92.0 Å². The molecule has 1 saturated heterocycles. The largest absolute Gasteiger partial charge is 0.314 e. The van der Waals surface area contributed by atoms with Gasteiger partial charge in [0.25, 0.3) is 0 Å². The summed E-state index contributed by atoms with van der Waals surface area (Å²) in [6, 6.07) is 0. The Morgan fingerprint density at radius 3 is 2.36 bits per heavy atom. The van der Waals surface area contributed by atoms with Gasteiger partial charge >= 0.3 is 0 Å². The molecule has 2 rings (SSSR count). The highest BCUT2D eigenvalue weighted by Crippen LogP contribution is 2.28. The Hall–Kier alpha value is 0.210. The lowest BCUT2D eigenvalue weighted by Crippen LogP contribution is -2.45. The first-order valence-electron chi connectivity index (χ1n) is 5.92. The highest BCUT2D eigenvalue weighted by molar-refractivity contribution is 6.20. The van der Waals surface area contributed by atoms with E-state index in [1.54, 1.807) is 0 Å². The molecule has 1 saturated carbocycles. The molecule has 0 spiro atoms. The first-order chi connectivity index (χ1) is 6.84. The molecule has 3 heteroatoms. The first-order valence-corrected chi connectivity index (χ1v) is 6.35. The number of hydrogen-bond acceptors (Lipinski definition) is 2. The van der Waals surface area contributed by atoms with Gasteiger partial charge in [0.1, 0.15) is 0 Å². The van der Waals surface area contributed by atoms with Crippen LogP contribution in [0.15, 0.2) is 0 Å². The second-order valence-electron chi connectivity index (χ2n) is 4.67. The highest BCUT2D eigenvalue weighted by atomic mass is 35.5. The Bertz CT molecular complexity index is 161. The molecule has 0 amide bonds. The zero-order chi connectivity index (χ0) is 9.80. The van der Waals surface area contributed by atoms with Gasteiger partial charge < -0.3 is 10.2 Å². The zero-order valence-corrected chi connectivity index (χ0v) is 9.60. The summed E-state index contributed by atoms with van der Waals surface area (Å²) < 4.78 is 0. The lowest BCUT2D eigenvalue weighted by atomic mass is 9.88. The smallest absolute Gasteiger partial charge is 0.0336 e. The van der Waals surface area contributed by atoms with Crippen molar-refractivity contribution in [1.82, 2.24) is 10.2 Å². The highest BCUT2D eigenvalue weighted by Gasteiger charge is 2.22. The lowest BCUT2D eigenvalue weighted by molar-refractivity contribution is 0.183. The molecule has 0 aromatic rings. The van der Waals surface area contributed by atoms with Crippen molar-refractivity contribution >= 4 is 11.6 Å². The molecule has 82 valence electrons. The Balaban J connectivity index is 1.68. The minimum Gasteiger partial charge on any atom is -0.314 e. The SMILES string of the molecule is ClC1CCC(CN2CCNCC2)CC1. The summed E-state index contributed by atoms with van der Waals surface area (Å²) in [5.41, 5.74) is 0. The average molecular weight is 217 g/mol. The summed E-state index contributed by atoms with van der Waals surface area (Å²) in [6.07, 6.45) is 5.16. The summed E-state index contributed by atoms with van der Waals surface area (Å²) in [6.45, 7) is 6.13. The van der Waals surface area contributed by atoms with Gasteiger partial charge in [-0.2, -0.15) is 0 Å². The van der Waals surface area contributed by atoms with Gasteiger partial charge in [-0.3, -0.25) is 0 Å². The molecule has 14 heavy (non-hydrogen) atoms. The second-order valence-corrected chi connectivity index (χ2v) is 5.29. The summed E-state index contributed by atoms with van der Waals surface area (Å²) in [5, 5.41) is 3.86. The molecule has 1 heterocycles. The van der Waals surface area contributed by atoms with E-state index in [0.29, 0.717) is 5.38 Å². The van der Waals surface area contributed by atoms with Crippen LogP contribution >= 0.6 is 11.6 Å². The normalized spacial score (nSPS) is 35.8. The van der Waals surface area contributed by atoms with Gasteiger partial charge in [-0.1, -0.05) is 0 Å². The lowest BCUT2D eigenvalue weighted by Gasteiger charge is -2.33. The topological polar surface area (TPSA) is 15.3 Å². The van der Waals surface area contributed by atoms with Crippen LogP contribution in [0.1, 0.15) is 25.7 Å². The number of piperazine rings is 1. The van der Waals surface area contributed by atoms with Crippen molar-refractivity contribution < 1.29 is 0 Å². The van der Waals surface area contributed by atoms with E-state index in [1.807, 2.05) is 0 Å². The number of hydrogen-bond donors (Lipinski definition) is 1. The van der Waals surface area contributed by atoms with E-state index in [1.165, 1.54) is 58.4 Å². The maximum absolute atomic E-state index is 6.10. The van der Waals surface area contributed by atoms with Crippen molar-refractivity contribution in [1.29, 1.82) is 0 Å². The monoisotopic (exact) mass is 216 g/mol. The van der Waals surface area contributed by atoms with Crippen molar-refractivity contribution in [2.24, 2.45) is 5.92 Å². The minimum absolute atomic E-state index is 0.467.